The van der Waals surface area contributed by atoms with Gasteiger partial charge in [0.05, 0.1) is 5.92 Å². The number of rotatable bonds is 19. The Morgan fingerprint density at radius 2 is 1.17 bits per heavy atom. The zero-order chi connectivity index (χ0) is 46.7. The molecular weight excluding hydrogens is 860 g/mol. The van der Waals surface area contributed by atoms with Gasteiger partial charge in [-0.25, -0.2) is 0 Å². The van der Waals surface area contributed by atoms with E-state index in [1.165, 1.54) is 38.3 Å². The largest absolute Gasteiger partial charge is 0.508 e. The molecule has 2 heterocycles. The van der Waals surface area contributed by atoms with Crippen LogP contribution in [0.3, 0.4) is 0 Å². The number of carbonyl (C=O) groups is 1. The number of alkyl halides is 5. The maximum atomic E-state index is 13.0. The van der Waals surface area contributed by atoms with Gasteiger partial charge in [-0.1, -0.05) is 131 Å². The van der Waals surface area contributed by atoms with Crippen molar-refractivity contribution in [1.29, 1.82) is 0 Å². The van der Waals surface area contributed by atoms with Crippen molar-refractivity contribution in [3.63, 3.8) is 0 Å². The minimum atomic E-state index is -5.57. The minimum absolute atomic E-state index is 0.0219. The normalized spacial score (nSPS) is 21.2. The minimum Gasteiger partial charge on any atom is -0.508 e. The molecule has 2 aliphatic rings. The molecule has 11 heteroatoms. The number of hydrogen-bond acceptors (Lipinski definition) is 5. The van der Waals surface area contributed by atoms with Crippen LogP contribution in [0.25, 0.3) is 0 Å². The van der Waals surface area contributed by atoms with Crippen LogP contribution in [-0.2, 0) is 15.6 Å². The highest BCUT2D eigenvalue weighted by Crippen LogP contribution is 2.54. The van der Waals surface area contributed by atoms with E-state index in [1.807, 2.05) is 36.0 Å². The van der Waals surface area contributed by atoms with Crippen LogP contribution in [-0.4, -0.2) is 44.9 Å². The van der Waals surface area contributed by atoms with E-state index >= 15 is 0 Å². The van der Waals surface area contributed by atoms with Crippen LogP contribution in [0, 0.1) is 19.8 Å². The Hall–Kier alpha value is -3.96. The number of allylic oxidation sites excluding steroid dienone is 1. The quantitative estimate of drug-likeness (QED) is 0.0494. The Morgan fingerprint density at radius 1 is 0.688 bits per heavy atom. The third-order valence-electron chi connectivity index (χ3n) is 13.5. The lowest BCUT2D eigenvalue weighted by Crippen LogP contribution is -2.36. The van der Waals surface area contributed by atoms with Crippen molar-refractivity contribution in [3.8, 4) is 11.5 Å². The molecule has 2 aliphatic heterocycles. The zero-order valence-corrected chi connectivity index (χ0v) is 39.3. The molecule has 0 spiro atoms. The maximum Gasteiger partial charge on any atom is 0.453 e. The van der Waals surface area contributed by atoms with Crippen molar-refractivity contribution < 1.29 is 42.1 Å². The second-order valence-electron chi connectivity index (χ2n) is 18.4. The Bertz CT molecular complexity index is 2140. The van der Waals surface area contributed by atoms with Gasteiger partial charge in [0.1, 0.15) is 11.5 Å². The summed E-state index contributed by atoms with van der Waals surface area (Å²) >= 11 is 3.74. The van der Waals surface area contributed by atoms with Crippen LogP contribution in [0.15, 0.2) is 107 Å². The van der Waals surface area contributed by atoms with E-state index in [4.69, 9.17) is 0 Å². The van der Waals surface area contributed by atoms with Crippen molar-refractivity contribution in [2.75, 3.05) is 11.5 Å². The molecule has 0 saturated heterocycles. The SMILES string of the molecule is C=CC[C@@H]1c2ccc(C)cc2SC[C@]1(C)c1ccc(C)cc1.C[C@]1(c2ccc(O)cc2)CSc2cc(O)ccc2[C@H]1CCCCCCCCC(CCCCC(F)(F)C(F)(F)F)C(=O)O. The number of carboxylic acids is 1. The van der Waals surface area contributed by atoms with Crippen molar-refractivity contribution in [2.45, 2.75) is 156 Å². The Kier molecular flexibility index (Phi) is 17.9. The van der Waals surface area contributed by atoms with Crippen molar-refractivity contribution in [3.05, 3.63) is 131 Å². The third kappa shape index (κ3) is 12.9. The van der Waals surface area contributed by atoms with Gasteiger partial charge in [0.15, 0.2) is 0 Å². The predicted molar refractivity (Wildman–Crippen MR) is 253 cm³/mol. The number of carboxylic acid groups (broad SMARTS) is 1. The van der Waals surface area contributed by atoms with E-state index < -0.39 is 30.4 Å². The predicted octanol–water partition coefficient (Wildman–Crippen LogP) is 15.9. The maximum absolute atomic E-state index is 13.0. The summed E-state index contributed by atoms with van der Waals surface area (Å²) in [5.74, 6) is -3.29. The number of unbranched alkanes of at least 4 members (excludes halogenated alkanes) is 6. The molecule has 4 aromatic carbocycles. The number of benzene rings is 4. The highest BCUT2D eigenvalue weighted by Gasteiger charge is 2.56. The monoisotopic (exact) mass is 924 g/mol. The Morgan fingerprint density at radius 3 is 1.77 bits per heavy atom. The number of aromatic hydroxyl groups is 2. The summed E-state index contributed by atoms with van der Waals surface area (Å²) in [5, 5.41) is 29.2. The van der Waals surface area contributed by atoms with E-state index in [1.54, 1.807) is 30.0 Å². The fourth-order valence-electron chi connectivity index (χ4n) is 9.42. The summed E-state index contributed by atoms with van der Waals surface area (Å²) in [5.41, 5.74) is 8.02. The number of aryl methyl sites for hydroxylation is 2. The Balaban J connectivity index is 0.000000291. The molecule has 64 heavy (non-hydrogen) atoms. The van der Waals surface area contributed by atoms with Gasteiger partial charge in [0.2, 0.25) is 0 Å². The van der Waals surface area contributed by atoms with Gasteiger partial charge in [0.25, 0.3) is 0 Å². The van der Waals surface area contributed by atoms with Gasteiger partial charge < -0.3 is 15.3 Å². The fourth-order valence-corrected chi connectivity index (χ4v) is 12.3. The van der Waals surface area contributed by atoms with E-state index in [0.717, 1.165) is 61.3 Å². The van der Waals surface area contributed by atoms with Crippen LogP contribution < -0.4 is 0 Å². The molecular formula is C53H65F5O4S2. The van der Waals surface area contributed by atoms with E-state index in [9.17, 15) is 42.1 Å². The van der Waals surface area contributed by atoms with E-state index in [-0.39, 0.29) is 47.5 Å². The highest BCUT2D eigenvalue weighted by molar-refractivity contribution is 7.99. The molecule has 0 saturated carbocycles. The molecule has 6 rings (SSSR count). The van der Waals surface area contributed by atoms with Gasteiger partial charge in [-0.3, -0.25) is 4.79 Å². The summed E-state index contributed by atoms with van der Waals surface area (Å²) in [4.78, 5) is 14.1. The number of hydrogen-bond donors (Lipinski definition) is 3. The average Bonchev–Trinajstić information content (AvgIpc) is 3.24. The summed E-state index contributed by atoms with van der Waals surface area (Å²) < 4.78 is 63.0. The Labute approximate surface area is 385 Å². The number of aliphatic carboxylic acids is 1. The third-order valence-corrected chi connectivity index (χ3v) is 16.3. The number of thioether (sulfide) groups is 2. The van der Waals surface area contributed by atoms with Gasteiger partial charge in [-0.2, -0.15) is 22.0 Å². The molecule has 4 aromatic rings. The molecule has 0 aromatic heterocycles. The zero-order valence-electron chi connectivity index (χ0n) is 37.7. The van der Waals surface area contributed by atoms with Crippen LogP contribution in [0.1, 0.15) is 143 Å². The van der Waals surface area contributed by atoms with Crippen LogP contribution in [0.4, 0.5) is 22.0 Å². The molecule has 1 unspecified atom stereocenters. The number of fused-ring (bicyclic) bond motifs is 2. The van der Waals surface area contributed by atoms with Gasteiger partial charge >= 0.3 is 18.1 Å². The second kappa shape index (κ2) is 22.5. The topological polar surface area (TPSA) is 77.8 Å². The molecule has 348 valence electrons. The number of phenolic OH excluding ortho intramolecular Hbond substituents is 2. The molecule has 0 bridgehead atoms. The first-order chi connectivity index (χ1) is 30.3. The standard InChI is InChI=1S/C32H41F5O4S.C21H24S/c1-30(23-13-15-24(38)16-14-23)21-42-28-20-25(39)17-18-26(28)27(30)12-7-5-3-2-4-6-10-22(29(40)41)11-8-9-19-31(33,34)32(35,36)37;1-5-6-19-18-12-9-16(3)13-20(18)22-14-21(19,4)17-10-7-15(2)8-11-17/h13-18,20,22,27,38-39H,2-12,19,21H2,1H3,(H,40,41);5,7-13,19H,1,6,14H2,2-4H3/t22?,27-,30-;19-,21-/m11/s1. The molecule has 0 aliphatic carbocycles. The summed E-state index contributed by atoms with van der Waals surface area (Å²) in [6, 6.07) is 29.0. The number of phenols is 2. The van der Waals surface area contributed by atoms with Crippen LogP contribution in [0.2, 0.25) is 0 Å². The van der Waals surface area contributed by atoms with Gasteiger partial charge in [0, 0.05) is 38.5 Å². The van der Waals surface area contributed by atoms with Crippen molar-refractivity contribution >= 4 is 29.5 Å². The molecule has 3 N–H and O–H groups in total. The lowest BCUT2D eigenvalue weighted by molar-refractivity contribution is -0.284. The van der Waals surface area contributed by atoms with E-state index in [2.05, 4.69) is 82.8 Å². The smallest absolute Gasteiger partial charge is 0.453 e. The number of halogens is 5. The lowest BCUT2D eigenvalue weighted by Gasteiger charge is -2.43. The van der Waals surface area contributed by atoms with Crippen LogP contribution in [0.5, 0.6) is 11.5 Å². The van der Waals surface area contributed by atoms with Gasteiger partial charge in [-0.15, -0.1) is 30.1 Å². The first kappa shape index (κ1) is 51.0. The highest BCUT2D eigenvalue weighted by atomic mass is 32.2. The molecule has 4 nitrogen and oxygen atoms in total. The molecule has 0 fully saturated rings. The lowest BCUT2D eigenvalue weighted by atomic mass is 9.68. The summed E-state index contributed by atoms with van der Waals surface area (Å²) in [7, 11) is 0. The first-order valence-corrected chi connectivity index (χ1v) is 24.6. The fraction of sp³-hybridized carbons (Fsp3) is 0.491. The average molecular weight is 925 g/mol. The second-order valence-corrected chi connectivity index (χ2v) is 20.4. The molecule has 0 radical (unpaired) electrons. The van der Waals surface area contributed by atoms with E-state index in [0.29, 0.717) is 18.8 Å². The van der Waals surface area contributed by atoms with Crippen molar-refractivity contribution in [1.82, 2.24) is 0 Å². The molecule has 0 amide bonds. The first-order valence-electron chi connectivity index (χ1n) is 22.6. The van der Waals surface area contributed by atoms with Crippen molar-refractivity contribution in [2.24, 2.45) is 5.92 Å². The molecule has 5 atom stereocenters. The van der Waals surface area contributed by atoms with Crippen LogP contribution >= 0.6 is 23.5 Å². The van der Waals surface area contributed by atoms with Gasteiger partial charge in [-0.05, 0) is 110 Å². The summed E-state index contributed by atoms with van der Waals surface area (Å²) in [6.07, 6.45) is 2.77. The summed E-state index contributed by atoms with van der Waals surface area (Å²) in [6.45, 7) is 13.0.